The van der Waals surface area contributed by atoms with Gasteiger partial charge in [-0.3, -0.25) is 0 Å². The van der Waals surface area contributed by atoms with E-state index in [0.29, 0.717) is 16.4 Å². The van der Waals surface area contributed by atoms with Crippen LogP contribution in [0.5, 0.6) is 0 Å². The van der Waals surface area contributed by atoms with Crippen LogP contribution in [0.1, 0.15) is 19.5 Å². The second-order valence-corrected chi connectivity index (χ2v) is 11.5. The lowest BCUT2D eigenvalue weighted by molar-refractivity contribution is 0.489. The molecule has 2 aromatic carbocycles. The maximum absolute atomic E-state index is 12.0. The molecule has 0 saturated heterocycles. The number of nitrogens with zero attached hydrogens (tertiary/aromatic N) is 4. The zero-order valence-electron chi connectivity index (χ0n) is 18.2. The lowest BCUT2D eigenvalue weighted by Crippen LogP contribution is -2.15. The first-order chi connectivity index (χ1) is 15.6. The first kappa shape index (κ1) is 23.1. The maximum atomic E-state index is 12.0. The second-order valence-electron chi connectivity index (χ2n) is 8.00. The number of benzene rings is 2. The summed E-state index contributed by atoms with van der Waals surface area (Å²) >= 11 is 8.00. The van der Waals surface area contributed by atoms with Crippen molar-refractivity contribution < 1.29 is 8.42 Å². The minimum atomic E-state index is -3.30. The van der Waals surface area contributed by atoms with E-state index in [1.165, 1.54) is 17.6 Å². The van der Waals surface area contributed by atoms with Crippen molar-refractivity contribution in [3.05, 3.63) is 77.4 Å². The van der Waals surface area contributed by atoms with Crippen LogP contribution in [-0.4, -0.2) is 24.5 Å². The third-order valence-electron chi connectivity index (χ3n) is 5.12. The lowest BCUT2D eigenvalue weighted by atomic mass is 10.0. The molecule has 10 heteroatoms. The number of sulfone groups is 1. The molecule has 4 rings (SSSR count). The Balaban J connectivity index is 1.86. The van der Waals surface area contributed by atoms with Crippen LogP contribution in [0.2, 0.25) is 5.02 Å². The second kappa shape index (κ2) is 8.68. The van der Waals surface area contributed by atoms with Crippen molar-refractivity contribution in [1.29, 1.82) is 5.53 Å². The average molecular weight is 499 g/mol. The molecular formula is C23H21ClN5O2S2+. The highest BCUT2D eigenvalue weighted by atomic mass is 35.5. The average Bonchev–Trinajstić information content (AvgIpc) is 3.41. The molecule has 0 bridgehead atoms. The molecule has 0 saturated carbocycles. The van der Waals surface area contributed by atoms with Crippen LogP contribution in [0.4, 0.5) is 0 Å². The van der Waals surface area contributed by atoms with Gasteiger partial charge in [0.2, 0.25) is 4.91 Å². The molecule has 0 fully saturated rings. The van der Waals surface area contributed by atoms with Crippen LogP contribution in [0.15, 0.2) is 76.7 Å². The Hall–Kier alpha value is -3.10. The van der Waals surface area contributed by atoms with E-state index in [1.807, 2.05) is 56.3 Å². The molecule has 0 aliphatic carbocycles. The van der Waals surface area contributed by atoms with Crippen molar-refractivity contribution >= 4 is 32.8 Å². The van der Waals surface area contributed by atoms with E-state index in [0.717, 1.165) is 21.0 Å². The van der Waals surface area contributed by atoms with E-state index in [9.17, 15) is 8.42 Å². The molecule has 0 spiro atoms. The van der Waals surface area contributed by atoms with E-state index in [4.69, 9.17) is 22.2 Å². The predicted molar refractivity (Wildman–Crippen MR) is 131 cm³/mol. The van der Waals surface area contributed by atoms with Crippen molar-refractivity contribution in [2.45, 2.75) is 24.3 Å². The quantitative estimate of drug-likeness (QED) is 0.256. The van der Waals surface area contributed by atoms with Gasteiger partial charge in [0.15, 0.2) is 15.4 Å². The van der Waals surface area contributed by atoms with Gasteiger partial charge in [0.05, 0.1) is 31.9 Å². The zero-order valence-corrected chi connectivity index (χ0v) is 20.5. The van der Waals surface area contributed by atoms with E-state index in [2.05, 4.69) is 10.0 Å². The first-order valence-electron chi connectivity index (χ1n) is 9.95. The van der Waals surface area contributed by atoms with Gasteiger partial charge in [-0.2, -0.15) is 5.10 Å². The van der Waals surface area contributed by atoms with E-state index in [1.54, 1.807) is 28.9 Å². The summed E-state index contributed by atoms with van der Waals surface area (Å²) in [5.41, 5.74) is 9.34. The Morgan fingerprint density at radius 2 is 1.79 bits per heavy atom. The lowest BCUT2D eigenvalue weighted by Gasteiger charge is -2.09. The number of hydrogen-bond acceptors (Lipinski definition) is 6. The maximum Gasteiger partial charge on any atom is 0.215 e. The molecule has 2 aromatic heterocycles. The zero-order chi connectivity index (χ0) is 23.8. The largest absolute Gasteiger partial charge is 0.230 e. The van der Waals surface area contributed by atoms with Crippen molar-refractivity contribution in [2.75, 3.05) is 6.26 Å². The summed E-state index contributed by atoms with van der Waals surface area (Å²) in [5, 5.41) is 9.31. The van der Waals surface area contributed by atoms with E-state index in [-0.39, 0.29) is 4.90 Å². The first-order valence-corrected chi connectivity index (χ1v) is 13.0. The molecule has 0 aliphatic heterocycles. The third-order valence-corrected chi connectivity index (χ3v) is 7.71. The van der Waals surface area contributed by atoms with Gasteiger partial charge >= 0.3 is 0 Å². The Morgan fingerprint density at radius 1 is 1.06 bits per heavy atom. The van der Waals surface area contributed by atoms with E-state index < -0.39 is 15.4 Å². The molecule has 4 aromatic rings. The molecular weight excluding hydrogens is 478 g/mol. The van der Waals surface area contributed by atoms with Crippen LogP contribution in [0.3, 0.4) is 0 Å². The Labute approximate surface area is 200 Å². The normalized spacial score (nSPS) is 11.9. The fourth-order valence-electron chi connectivity index (χ4n) is 3.35. The summed E-state index contributed by atoms with van der Waals surface area (Å²) in [4.78, 5) is 5.34. The van der Waals surface area contributed by atoms with Gasteiger partial charge in [0, 0.05) is 11.1 Å². The summed E-state index contributed by atoms with van der Waals surface area (Å²) in [6, 6.07) is 20.2. The minimum Gasteiger partial charge on any atom is -0.230 e. The monoisotopic (exact) mass is 498 g/mol. The van der Waals surface area contributed by atoms with Gasteiger partial charge < -0.3 is 0 Å². The molecule has 0 unspecified atom stereocenters. The molecule has 168 valence electrons. The Kier molecular flexibility index (Phi) is 6.07. The fourth-order valence-corrected chi connectivity index (χ4v) is 5.24. The highest BCUT2D eigenvalue weighted by molar-refractivity contribution is 7.90. The van der Waals surface area contributed by atoms with Gasteiger partial charge in [0.1, 0.15) is 10.6 Å². The molecule has 0 aliphatic rings. The number of thiophene rings is 1. The van der Waals surface area contributed by atoms with Gasteiger partial charge in [-0.25, -0.2) is 13.1 Å². The van der Waals surface area contributed by atoms with Crippen molar-refractivity contribution in [3.63, 3.8) is 0 Å². The molecule has 2 heterocycles. The standard InChI is InChI=1S/C23H21ClN5O2S2/c1-23(2,27-28-25)22-14-19(29(26-22)18-10-5-4-9-17(18)24)21-12-11-20(32-21)15-7-6-8-16(13-15)33(3,30)31/h4-14,25H,1-3H3/q+1. The molecule has 1 N–H and O–H groups in total. The van der Waals surface area contributed by atoms with Crippen molar-refractivity contribution in [1.82, 2.24) is 14.7 Å². The number of para-hydroxylation sites is 1. The summed E-state index contributed by atoms with van der Waals surface area (Å²) in [5.74, 6) is 0. The number of rotatable bonds is 6. The number of aromatic nitrogens is 2. The molecule has 0 atom stereocenters. The molecule has 7 nitrogen and oxygen atoms in total. The fraction of sp³-hybridized carbons (Fsp3) is 0.174. The van der Waals surface area contributed by atoms with Gasteiger partial charge in [-0.1, -0.05) is 35.9 Å². The van der Waals surface area contributed by atoms with Gasteiger partial charge in [-0.15, -0.1) is 11.3 Å². The smallest absolute Gasteiger partial charge is 0.215 e. The summed E-state index contributed by atoms with van der Waals surface area (Å²) in [6.45, 7) is 3.68. The summed E-state index contributed by atoms with van der Waals surface area (Å²) in [6.07, 6.45) is 1.20. The Bertz CT molecular complexity index is 1500. The summed E-state index contributed by atoms with van der Waals surface area (Å²) in [7, 11) is -3.30. The number of halogens is 1. The Morgan fingerprint density at radius 3 is 2.48 bits per heavy atom. The van der Waals surface area contributed by atoms with Crippen LogP contribution in [-0.2, 0) is 15.4 Å². The molecule has 33 heavy (non-hydrogen) atoms. The van der Waals surface area contributed by atoms with Crippen molar-refractivity contribution in [2.24, 2.45) is 5.11 Å². The van der Waals surface area contributed by atoms with Crippen LogP contribution in [0.25, 0.3) is 26.7 Å². The molecule has 0 amide bonds. The highest BCUT2D eigenvalue weighted by Gasteiger charge is 2.31. The predicted octanol–water partition coefficient (Wildman–Crippen LogP) is 6.11. The van der Waals surface area contributed by atoms with Crippen molar-refractivity contribution in [3.8, 4) is 26.7 Å². The minimum absolute atomic E-state index is 0.279. The van der Waals surface area contributed by atoms with Crippen LogP contribution in [0, 0.1) is 5.53 Å². The summed E-state index contributed by atoms with van der Waals surface area (Å²) < 4.78 is 25.7. The van der Waals surface area contributed by atoms with Crippen LogP contribution < -0.4 is 4.91 Å². The highest BCUT2D eigenvalue weighted by Crippen LogP contribution is 2.38. The molecule has 0 radical (unpaired) electrons. The van der Waals surface area contributed by atoms with E-state index >= 15 is 0 Å². The SMILES string of the molecule is CC(C)(N=[N+]=N)c1cc(-c2ccc(-c3cccc(S(C)(=O)=O)c3)s2)n(-c2ccccc2Cl)n1. The van der Waals surface area contributed by atoms with Gasteiger partial charge in [0.25, 0.3) is 0 Å². The third kappa shape index (κ3) is 4.67. The number of hydrogen-bond donors (Lipinski definition) is 1. The van der Waals surface area contributed by atoms with Gasteiger partial charge in [-0.05, 0) is 61.9 Å². The van der Waals surface area contributed by atoms with Crippen LogP contribution >= 0.6 is 22.9 Å². The number of nitrogens with one attached hydrogen (secondary N) is 1. The topological polar surface area (TPSA) is 102 Å².